The van der Waals surface area contributed by atoms with Gasteiger partial charge in [0.25, 0.3) is 0 Å². The summed E-state index contributed by atoms with van der Waals surface area (Å²) in [5.41, 5.74) is 0.998. The average Bonchev–Trinajstić information content (AvgIpc) is 2.78. The summed E-state index contributed by atoms with van der Waals surface area (Å²) in [6, 6.07) is 2.81. The number of aromatic nitrogens is 2. The van der Waals surface area contributed by atoms with E-state index in [4.69, 9.17) is 11.6 Å². The zero-order valence-electron chi connectivity index (χ0n) is 9.84. The van der Waals surface area contributed by atoms with Crippen molar-refractivity contribution in [1.82, 2.24) is 10.2 Å². The molecule has 4 rings (SSSR count). The SMILES string of the molecule is Fc1cc(Cl)c2c(N3CCCC34CC4)n[nH]c2c1. The zero-order valence-corrected chi connectivity index (χ0v) is 10.6. The van der Waals surface area contributed by atoms with E-state index in [1.54, 1.807) is 0 Å². The largest absolute Gasteiger partial charge is 0.349 e. The Kier molecular flexibility index (Phi) is 1.99. The molecule has 1 aliphatic heterocycles. The molecule has 1 spiro atoms. The Morgan fingerprint density at radius 3 is 2.94 bits per heavy atom. The van der Waals surface area contributed by atoms with E-state index in [0.29, 0.717) is 16.1 Å². The summed E-state index contributed by atoms with van der Waals surface area (Å²) in [7, 11) is 0. The van der Waals surface area contributed by atoms with Crippen LogP contribution in [0.15, 0.2) is 12.1 Å². The van der Waals surface area contributed by atoms with Crippen molar-refractivity contribution >= 4 is 28.3 Å². The molecule has 1 aromatic heterocycles. The molecule has 1 saturated carbocycles. The van der Waals surface area contributed by atoms with E-state index in [1.807, 2.05) is 0 Å². The number of benzene rings is 1. The van der Waals surface area contributed by atoms with E-state index >= 15 is 0 Å². The van der Waals surface area contributed by atoms with Gasteiger partial charge in [0.15, 0.2) is 5.82 Å². The summed E-state index contributed by atoms with van der Waals surface area (Å²) < 4.78 is 13.3. The average molecular weight is 266 g/mol. The van der Waals surface area contributed by atoms with Crippen molar-refractivity contribution in [2.24, 2.45) is 0 Å². The predicted molar refractivity (Wildman–Crippen MR) is 69.6 cm³/mol. The number of hydrogen-bond donors (Lipinski definition) is 1. The Bertz CT molecular complexity index is 632. The van der Waals surface area contributed by atoms with Crippen LogP contribution in [0.1, 0.15) is 25.7 Å². The van der Waals surface area contributed by atoms with Gasteiger partial charge in [0.1, 0.15) is 5.82 Å². The lowest BCUT2D eigenvalue weighted by molar-refractivity contribution is 0.629. The van der Waals surface area contributed by atoms with E-state index < -0.39 is 0 Å². The van der Waals surface area contributed by atoms with Gasteiger partial charge >= 0.3 is 0 Å². The number of halogens is 2. The molecular formula is C13H13ClFN3. The van der Waals surface area contributed by atoms with E-state index in [2.05, 4.69) is 15.1 Å². The number of fused-ring (bicyclic) bond motifs is 1. The van der Waals surface area contributed by atoms with Gasteiger partial charge in [-0.05, 0) is 37.8 Å². The molecule has 0 unspecified atom stereocenters. The second kappa shape index (κ2) is 3.38. The van der Waals surface area contributed by atoms with Gasteiger partial charge in [-0.3, -0.25) is 5.10 Å². The minimum atomic E-state index is -0.328. The van der Waals surface area contributed by atoms with Gasteiger partial charge in [-0.1, -0.05) is 11.6 Å². The van der Waals surface area contributed by atoms with E-state index in [-0.39, 0.29) is 5.82 Å². The first-order valence-corrected chi connectivity index (χ1v) is 6.68. The molecule has 0 atom stereocenters. The Morgan fingerprint density at radius 1 is 1.33 bits per heavy atom. The molecule has 1 saturated heterocycles. The topological polar surface area (TPSA) is 31.9 Å². The van der Waals surface area contributed by atoms with Gasteiger partial charge in [0, 0.05) is 12.1 Å². The number of hydrogen-bond acceptors (Lipinski definition) is 2. The highest BCUT2D eigenvalue weighted by Gasteiger charge is 2.51. The second-order valence-electron chi connectivity index (χ2n) is 5.34. The molecule has 0 amide bonds. The lowest BCUT2D eigenvalue weighted by atomic mass is 10.2. The van der Waals surface area contributed by atoms with Crippen LogP contribution >= 0.6 is 11.6 Å². The fraction of sp³-hybridized carbons (Fsp3) is 0.462. The lowest BCUT2D eigenvalue weighted by Gasteiger charge is -2.24. The zero-order chi connectivity index (χ0) is 12.3. The molecule has 94 valence electrons. The maximum atomic E-state index is 13.3. The fourth-order valence-electron chi connectivity index (χ4n) is 3.19. The highest BCUT2D eigenvalue weighted by molar-refractivity contribution is 6.36. The van der Waals surface area contributed by atoms with Gasteiger partial charge in [-0.2, -0.15) is 5.10 Å². The number of aromatic amines is 1. The standard InChI is InChI=1S/C13H13ClFN3/c14-9-6-8(15)7-10-11(9)12(17-16-10)18-5-1-2-13(18)3-4-13/h6-7H,1-5H2,(H,16,17). The summed E-state index contributed by atoms with van der Waals surface area (Å²) in [5, 5.41) is 8.56. The van der Waals surface area contributed by atoms with Crippen LogP contribution in [0.2, 0.25) is 5.02 Å². The Hall–Kier alpha value is -1.29. The Morgan fingerprint density at radius 2 is 2.17 bits per heavy atom. The molecule has 1 N–H and O–H groups in total. The van der Waals surface area contributed by atoms with Crippen molar-refractivity contribution < 1.29 is 4.39 Å². The van der Waals surface area contributed by atoms with Gasteiger partial charge < -0.3 is 4.90 Å². The highest BCUT2D eigenvalue weighted by atomic mass is 35.5. The van der Waals surface area contributed by atoms with Crippen molar-refractivity contribution in [2.75, 3.05) is 11.4 Å². The first-order chi connectivity index (χ1) is 8.70. The van der Waals surface area contributed by atoms with Crippen LogP contribution in [-0.4, -0.2) is 22.3 Å². The number of nitrogens with zero attached hydrogens (tertiary/aromatic N) is 2. The molecule has 2 aliphatic rings. The smallest absolute Gasteiger partial charge is 0.160 e. The maximum Gasteiger partial charge on any atom is 0.160 e. The molecule has 2 aromatic rings. The van der Waals surface area contributed by atoms with Crippen LogP contribution in [0.25, 0.3) is 10.9 Å². The third kappa shape index (κ3) is 1.32. The molecule has 5 heteroatoms. The van der Waals surface area contributed by atoms with Crippen LogP contribution in [0.3, 0.4) is 0 Å². The molecule has 1 aromatic carbocycles. The Balaban J connectivity index is 1.91. The fourth-order valence-corrected chi connectivity index (χ4v) is 3.48. The molecule has 3 nitrogen and oxygen atoms in total. The highest BCUT2D eigenvalue weighted by Crippen LogP contribution is 2.52. The predicted octanol–water partition coefficient (Wildman–Crippen LogP) is 3.49. The quantitative estimate of drug-likeness (QED) is 0.856. The van der Waals surface area contributed by atoms with Crippen LogP contribution in [0.5, 0.6) is 0 Å². The first-order valence-electron chi connectivity index (χ1n) is 6.30. The van der Waals surface area contributed by atoms with Crippen LogP contribution in [0, 0.1) is 5.82 Å². The van der Waals surface area contributed by atoms with Crippen LogP contribution in [0.4, 0.5) is 10.2 Å². The summed E-state index contributed by atoms with van der Waals surface area (Å²) in [6.07, 6.45) is 4.91. The summed E-state index contributed by atoms with van der Waals surface area (Å²) in [5.74, 6) is 0.565. The van der Waals surface area contributed by atoms with Crippen molar-refractivity contribution in [3.63, 3.8) is 0 Å². The first kappa shape index (κ1) is 10.6. The second-order valence-corrected chi connectivity index (χ2v) is 5.74. The lowest BCUT2D eigenvalue weighted by Crippen LogP contribution is -2.31. The molecule has 0 radical (unpaired) electrons. The van der Waals surface area contributed by atoms with E-state index in [0.717, 1.165) is 17.7 Å². The number of nitrogens with one attached hydrogen (secondary N) is 1. The summed E-state index contributed by atoms with van der Waals surface area (Å²) in [4.78, 5) is 2.36. The third-order valence-electron chi connectivity index (χ3n) is 4.24. The number of H-pyrrole nitrogens is 1. The number of rotatable bonds is 1. The minimum Gasteiger partial charge on any atom is -0.349 e. The van der Waals surface area contributed by atoms with E-state index in [9.17, 15) is 4.39 Å². The molecular weight excluding hydrogens is 253 g/mol. The van der Waals surface area contributed by atoms with Crippen LogP contribution < -0.4 is 4.90 Å². The Labute approximate surface area is 109 Å². The molecule has 2 heterocycles. The molecule has 1 aliphatic carbocycles. The normalized spacial score (nSPS) is 21.1. The third-order valence-corrected chi connectivity index (χ3v) is 4.54. The van der Waals surface area contributed by atoms with Crippen molar-refractivity contribution in [2.45, 2.75) is 31.2 Å². The minimum absolute atomic E-state index is 0.319. The number of anilines is 1. The van der Waals surface area contributed by atoms with Gasteiger partial charge in [0.05, 0.1) is 15.9 Å². The van der Waals surface area contributed by atoms with Crippen molar-refractivity contribution in [3.05, 3.63) is 23.0 Å². The summed E-state index contributed by atoms with van der Waals surface area (Å²) >= 11 is 6.17. The van der Waals surface area contributed by atoms with Gasteiger partial charge in [-0.25, -0.2) is 4.39 Å². The molecule has 2 fully saturated rings. The monoisotopic (exact) mass is 265 g/mol. The van der Waals surface area contributed by atoms with Gasteiger partial charge in [0.2, 0.25) is 0 Å². The van der Waals surface area contributed by atoms with Crippen molar-refractivity contribution in [3.8, 4) is 0 Å². The van der Waals surface area contributed by atoms with Crippen LogP contribution in [-0.2, 0) is 0 Å². The van der Waals surface area contributed by atoms with Crippen molar-refractivity contribution in [1.29, 1.82) is 0 Å². The van der Waals surface area contributed by atoms with Gasteiger partial charge in [-0.15, -0.1) is 0 Å². The molecule has 0 bridgehead atoms. The van der Waals surface area contributed by atoms with E-state index in [1.165, 1.54) is 37.8 Å². The maximum absolute atomic E-state index is 13.3. The summed E-state index contributed by atoms with van der Waals surface area (Å²) in [6.45, 7) is 1.02. The molecule has 18 heavy (non-hydrogen) atoms.